The molecule has 4 heteroatoms. The Bertz CT molecular complexity index is 3060. The second-order valence-corrected chi connectivity index (χ2v) is 14.0. The highest BCUT2D eigenvalue weighted by molar-refractivity contribution is 6.23. The number of aromatic nitrogens is 1. The molecular formula is C52H38N2O2. The number of hydrogen-bond acceptors (Lipinski definition) is 3. The van der Waals surface area contributed by atoms with Crippen LogP contribution in [0.1, 0.15) is 0 Å². The summed E-state index contributed by atoms with van der Waals surface area (Å²) in [6, 6.07) is 69.1. The topological polar surface area (TPSA) is 26.6 Å². The lowest BCUT2D eigenvalue weighted by Gasteiger charge is -2.27. The summed E-state index contributed by atoms with van der Waals surface area (Å²) in [5.74, 6) is 1.66. The predicted octanol–water partition coefficient (Wildman–Crippen LogP) is 13.9. The third-order valence-electron chi connectivity index (χ3n) is 11.0. The van der Waals surface area contributed by atoms with Crippen LogP contribution in [0.4, 0.5) is 17.1 Å². The van der Waals surface area contributed by atoms with Crippen LogP contribution in [0.25, 0.3) is 71.3 Å². The number of anilines is 3. The first-order chi connectivity index (χ1) is 27.7. The van der Waals surface area contributed by atoms with E-state index in [2.05, 4.69) is 179 Å². The first-order valence-electron chi connectivity index (χ1n) is 18.9. The van der Waals surface area contributed by atoms with Crippen LogP contribution in [-0.2, 0) is 0 Å². The first kappa shape index (κ1) is 33.3. The van der Waals surface area contributed by atoms with E-state index in [1.54, 1.807) is 14.2 Å². The molecule has 4 nitrogen and oxygen atoms in total. The highest BCUT2D eigenvalue weighted by atomic mass is 16.5. The van der Waals surface area contributed by atoms with Crippen LogP contribution in [-0.4, -0.2) is 18.8 Å². The van der Waals surface area contributed by atoms with Gasteiger partial charge in [-0.2, -0.15) is 0 Å². The van der Waals surface area contributed by atoms with E-state index in [9.17, 15) is 0 Å². The molecule has 0 N–H and O–H groups in total. The van der Waals surface area contributed by atoms with Crippen LogP contribution < -0.4 is 14.4 Å². The molecule has 0 aliphatic rings. The van der Waals surface area contributed by atoms with Gasteiger partial charge in [0, 0.05) is 55.8 Å². The number of fused-ring (bicyclic) bond motifs is 5. The quantitative estimate of drug-likeness (QED) is 0.146. The van der Waals surface area contributed by atoms with Crippen molar-refractivity contribution in [3.05, 3.63) is 194 Å². The van der Waals surface area contributed by atoms with Gasteiger partial charge in [-0.1, -0.05) is 121 Å². The van der Waals surface area contributed by atoms with Crippen molar-refractivity contribution in [1.29, 1.82) is 0 Å². The van der Waals surface area contributed by atoms with E-state index in [0.29, 0.717) is 0 Å². The number of benzene rings is 9. The Labute approximate surface area is 326 Å². The number of ether oxygens (including phenoxy) is 2. The zero-order valence-corrected chi connectivity index (χ0v) is 31.2. The van der Waals surface area contributed by atoms with Gasteiger partial charge in [0.2, 0.25) is 0 Å². The molecule has 0 saturated carbocycles. The van der Waals surface area contributed by atoms with E-state index < -0.39 is 0 Å². The smallest absolute Gasteiger partial charge is 0.126 e. The van der Waals surface area contributed by atoms with Crippen LogP contribution in [0.2, 0.25) is 0 Å². The number of hydrogen-bond donors (Lipinski definition) is 0. The summed E-state index contributed by atoms with van der Waals surface area (Å²) in [5, 5.41) is 6.96. The summed E-state index contributed by atoms with van der Waals surface area (Å²) in [6.07, 6.45) is 0. The molecule has 1 aromatic heterocycles. The van der Waals surface area contributed by atoms with E-state index in [1.807, 2.05) is 24.3 Å². The van der Waals surface area contributed by atoms with E-state index >= 15 is 0 Å². The lowest BCUT2D eigenvalue weighted by atomic mass is 9.85. The van der Waals surface area contributed by atoms with Gasteiger partial charge in [-0.05, 0) is 94.3 Å². The highest BCUT2D eigenvalue weighted by Crippen LogP contribution is 2.49. The number of para-hydroxylation sites is 5. The van der Waals surface area contributed by atoms with E-state index in [-0.39, 0.29) is 0 Å². The number of rotatable bonds is 8. The third kappa shape index (κ3) is 5.38. The van der Waals surface area contributed by atoms with Gasteiger partial charge in [-0.15, -0.1) is 0 Å². The molecule has 56 heavy (non-hydrogen) atoms. The molecule has 0 unspecified atom stereocenters. The van der Waals surface area contributed by atoms with Crippen molar-refractivity contribution in [1.82, 2.24) is 4.57 Å². The fraction of sp³-hybridized carbons (Fsp3) is 0.0385. The first-order valence-corrected chi connectivity index (χ1v) is 18.9. The van der Waals surface area contributed by atoms with Crippen LogP contribution in [0, 0.1) is 0 Å². The van der Waals surface area contributed by atoms with Gasteiger partial charge in [0.25, 0.3) is 0 Å². The molecule has 0 bridgehead atoms. The molecule has 10 rings (SSSR count). The monoisotopic (exact) mass is 722 g/mol. The minimum atomic E-state index is 0.828. The Balaban J connectivity index is 1.28. The maximum absolute atomic E-state index is 6.04. The molecule has 0 saturated heterocycles. The second kappa shape index (κ2) is 13.8. The lowest BCUT2D eigenvalue weighted by molar-refractivity contribution is 0.416. The van der Waals surface area contributed by atoms with Crippen LogP contribution in [0.5, 0.6) is 11.5 Å². The van der Waals surface area contributed by atoms with Crippen molar-refractivity contribution in [2.24, 2.45) is 0 Å². The van der Waals surface area contributed by atoms with Crippen LogP contribution in [0.3, 0.4) is 0 Å². The predicted molar refractivity (Wildman–Crippen MR) is 234 cm³/mol. The highest BCUT2D eigenvalue weighted by Gasteiger charge is 2.23. The van der Waals surface area contributed by atoms with Crippen molar-refractivity contribution >= 4 is 60.4 Å². The van der Waals surface area contributed by atoms with Crippen LogP contribution >= 0.6 is 0 Å². The van der Waals surface area contributed by atoms with Gasteiger partial charge in [0.1, 0.15) is 11.5 Å². The maximum atomic E-state index is 6.04. The van der Waals surface area contributed by atoms with Crippen molar-refractivity contribution in [2.45, 2.75) is 0 Å². The Morgan fingerprint density at radius 2 is 0.821 bits per heavy atom. The summed E-state index contributed by atoms with van der Waals surface area (Å²) < 4.78 is 14.4. The van der Waals surface area contributed by atoms with Crippen molar-refractivity contribution < 1.29 is 9.47 Å². The van der Waals surface area contributed by atoms with Gasteiger partial charge in [-0.25, -0.2) is 0 Å². The molecule has 0 atom stereocenters. The molecular weight excluding hydrogens is 685 g/mol. The largest absolute Gasteiger partial charge is 0.496 e. The average Bonchev–Trinajstić information content (AvgIpc) is 3.60. The zero-order valence-electron chi connectivity index (χ0n) is 31.2. The molecule has 0 aliphatic heterocycles. The number of nitrogens with zero attached hydrogens (tertiary/aromatic N) is 2. The van der Waals surface area contributed by atoms with Gasteiger partial charge >= 0.3 is 0 Å². The number of methoxy groups -OCH3 is 2. The summed E-state index contributed by atoms with van der Waals surface area (Å²) in [6.45, 7) is 0. The van der Waals surface area contributed by atoms with Gasteiger partial charge < -0.3 is 18.9 Å². The summed E-state index contributed by atoms with van der Waals surface area (Å²) in [4.78, 5) is 2.37. The molecule has 0 radical (unpaired) electrons. The molecule has 0 spiro atoms. The fourth-order valence-electron chi connectivity index (χ4n) is 8.57. The molecule has 0 aliphatic carbocycles. The fourth-order valence-corrected chi connectivity index (χ4v) is 8.57. The third-order valence-corrected chi connectivity index (χ3v) is 11.0. The molecule has 9 aromatic carbocycles. The summed E-state index contributed by atoms with van der Waals surface area (Å²) >= 11 is 0. The normalized spacial score (nSPS) is 11.4. The van der Waals surface area contributed by atoms with E-state index in [4.69, 9.17) is 9.47 Å². The minimum absolute atomic E-state index is 0.828. The Morgan fingerprint density at radius 1 is 0.357 bits per heavy atom. The molecule has 0 amide bonds. The van der Waals surface area contributed by atoms with Gasteiger partial charge in [-0.3, -0.25) is 0 Å². The summed E-state index contributed by atoms with van der Waals surface area (Å²) in [5.41, 5.74) is 11.0. The van der Waals surface area contributed by atoms with E-state index in [0.717, 1.165) is 78.0 Å². The Hall–Kier alpha value is -7.30. The van der Waals surface area contributed by atoms with Gasteiger partial charge in [0.15, 0.2) is 0 Å². The molecule has 268 valence electrons. The van der Waals surface area contributed by atoms with Crippen LogP contribution in [0.15, 0.2) is 194 Å². The molecule has 10 aromatic rings. The Kier molecular flexibility index (Phi) is 8.23. The Morgan fingerprint density at radius 3 is 1.46 bits per heavy atom. The van der Waals surface area contributed by atoms with Crippen molar-refractivity contribution in [3.63, 3.8) is 0 Å². The SMILES string of the molecule is COc1ccccc1-c1c2ccccc2c(-c2ccccc2OC)c2cc(N(c3ccccc3)c3ccc4c(c3)c3ccccc3n4-c3ccccc3)ccc12. The molecule has 0 fully saturated rings. The summed E-state index contributed by atoms with van der Waals surface area (Å²) in [7, 11) is 3.50. The average molecular weight is 723 g/mol. The van der Waals surface area contributed by atoms with Gasteiger partial charge in [0.05, 0.1) is 25.3 Å². The maximum Gasteiger partial charge on any atom is 0.126 e. The lowest BCUT2D eigenvalue weighted by Crippen LogP contribution is -2.10. The van der Waals surface area contributed by atoms with E-state index in [1.165, 1.54) is 21.8 Å². The van der Waals surface area contributed by atoms with Crippen molar-refractivity contribution in [3.8, 4) is 39.4 Å². The minimum Gasteiger partial charge on any atom is -0.496 e. The van der Waals surface area contributed by atoms with Crippen molar-refractivity contribution in [2.75, 3.05) is 19.1 Å². The zero-order chi connectivity index (χ0) is 37.6. The molecule has 1 heterocycles. The second-order valence-electron chi connectivity index (χ2n) is 14.0. The standard InChI is InChI=1S/C52H38N2O2/c1-55-49-27-15-12-24-43(49)51-40-22-9-10-23-41(40)52(44-25-13-16-28-50(44)56-2)46-34-37(29-31-42(46)51)53(35-17-5-3-6-18-35)38-30-32-48-45(33-38)39-21-11-14-26-47(39)54(48)36-19-7-4-8-20-36/h3-34H,1-2H3.